The second-order valence-electron chi connectivity index (χ2n) is 7.49. The average molecular weight is 448 g/mol. The molecule has 1 heterocycles. The Morgan fingerprint density at radius 1 is 1.10 bits per heavy atom. The molecule has 2 aromatic carbocycles. The van der Waals surface area contributed by atoms with E-state index in [1.54, 1.807) is 36.1 Å². The minimum atomic E-state index is -3.84. The van der Waals surface area contributed by atoms with Crippen LogP contribution in [0.2, 0.25) is 0 Å². The summed E-state index contributed by atoms with van der Waals surface area (Å²) < 4.78 is 39.3. The van der Waals surface area contributed by atoms with E-state index < -0.39 is 27.8 Å². The van der Waals surface area contributed by atoms with Crippen LogP contribution >= 0.6 is 0 Å². The fourth-order valence-electron chi connectivity index (χ4n) is 3.73. The highest BCUT2D eigenvalue weighted by atomic mass is 32.2. The Bertz CT molecular complexity index is 1050. The van der Waals surface area contributed by atoms with Crippen molar-refractivity contribution < 1.29 is 22.4 Å². The van der Waals surface area contributed by atoms with Crippen molar-refractivity contribution in [1.29, 1.82) is 0 Å². The first-order valence-corrected chi connectivity index (χ1v) is 12.0. The molecule has 1 saturated heterocycles. The lowest BCUT2D eigenvalue weighted by atomic mass is 10.1. The molecule has 0 bridgehead atoms. The molecule has 9 heteroatoms. The third-order valence-corrected chi connectivity index (χ3v) is 6.40. The predicted octanol–water partition coefficient (Wildman–Crippen LogP) is 3.25. The summed E-state index contributed by atoms with van der Waals surface area (Å²) in [4.78, 5) is 27.8. The Labute approximate surface area is 181 Å². The maximum atomic E-state index is 13.3. The first kappa shape index (κ1) is 22.7. The summed E-state index contributed by atoms with van der Waals surface area (Å²) in [5.41, 5.74) is 0.878. The van der Waals surface area contributed by atoms with Crippen LogP contribution < -0.4 is 9.62 Å². The molecule has 7 nitrogen and oxygen atoms in total. The van der Waals surface area contributed by atoms with Crippen molar-refractivity contribution in [3.8, 4) is 0 Å². The quantitative estimate of drug-likeness (QED) is 0.706. The third kappa shape index (κ3) is 5.22. The average Bonchev–Trinajstić information content (AvgIpc) is 3.26. The maximum Gasteiger partial charge on any atom is 0.255 e. The third-order valence-electron chi connectivity index (χ3n) is 5.22. The van der Waals surface area contributed by atoms with E-state index in [-0.39, 0.29) is 18.0 Å². The van der Waals surface area contributed by atoms with Gasteiger partial charge in [0.1, 0.15) is 11.9 Å². The lowest BCUT2D eigenvalue weighted by Crippen LogP contribution is -2.47. The number of para-hydroxylation sites is 1. The number of hydrogen-bond donors (Lipinski definition) is 1. The number of amides is 2. The van der Waals surface area contributed by atoms with Gasteiger partial charge in [0.05, 0.1) is 23.2 Å². The molecule has 1 fully saturated rings. The Kier molecular flexibility index (Phi) is 6.94. The predicted molar refractivity (Wildman–Crippen MR) is 118 cm³/mol. The van der Waals surface area contributed by atoms with Crippen molar-refractivity contribution in [3.63, 3.8) is 0 Å². The standard InChI is InChI=1S/C22H26FN3O4S/c1-3-20(26(31(2,29)30)17-12-10-16(23)11-13-17)21(27)24-19-9-5-4-8-18(19)22(28)25-14-6-7-15-25/h4-5,8-13,20H,3,6-7,14-15H2,1-2H3,(H,24,27). The van der Waals surface area contributed by atoms with Gasteiger partial charge < -0.3 is 10.2 Å². The molecule has 1 atom stereocenters. The molecule has 0 saturated carbocycles. The number of nitrogens with zero attached hydrogens (tertiary/aromatic N) is 2. The summed E-state index contributed by atoms with van der Waals surface area (Å²) in [5.74, 6) is -1.25. The number of likely N-dealkylation sites (tertiary alicyclic amines) is 1. The van der Waals surface area contributed by atoms with Crippen LogP contribution in [0.15, 0.2) is 48.5 Å². The van der Waals surface area contributed by atoms with E-state index in [2.05, 4.69) is 5.32 Å². The molecule has 1 unspecified atom stereocenters. The summed E-state index contributed by atoms with van der Waals surface area (Å²) >= 11 is 0. The van der Waals surface area contributed by atoms with E-state index >= 15 is 0 Å². The van der Waals surface area contributed by atoms with Crippen LogP contribution in [0.5, 0.6) is 0 Å². The largest absolute Gasteiger partial charge is 0.339 e. The van der Waals surface area contributed by atoms with Crippen molar-refractivity contribution in [2.75, 3.05) is 29.0 Å². The van der Waals surface area contributed by atoms with E-state index in [9.17, 15) is 22.4 Å². The molecule has 1 aliphatic rings. The van der Waals surface area contributed by atoms with Crippen LogP contribution in [-0.4, -0.2) is 50.5 Å². The molecule has 2 aromatic rings. The molecule has 1 aliphatic heterocycles. The second-order valence-corrected chi connectivity index (χ2v) is 9.35. The Morgan fingerprint density at radius 2 is 1.71 bits per heavy atom. The zero-order valence-electron chi connectivity index (χ0n) is 17.5. The van der Waals surface area contributed by atoms with Crippen LogP contribution in [0, 0.1) is 5.82 Å². The summed E-state index contributed by atoms with van der Waals surface area (Å²) in [6, 6.07) is 10.5. The van der Waals surface area contributed by atoms with E-state index in [4.69, 9.17) is 0 Å². The minimum Gasteiger partial charge on any atom is -0.339 e. The van der Waals surface area contributed by atoms with Crippen molar-refractivity contribution in [3.05, 3.63) is 59.9 Å². The molecule has 0 aromatic heterocycles. The number of carbonyl (C=O) groups is 2. The SMILES string of the molecule is CCC(C(=O)Nc1ccccc1C(=O)N1CCCC1)N(c1ccc(F)cc1)S(C)(=O)=O. The first-order valence-electron chi connectivity index (χ1n) is 10.2. The van der Waals surface area contributed by atoms with Gasteiger partial charge in [-0.2, -0.15) is 0 Å². The minimum absolute atomic E-state index is 0.167. The summed E-state index contributed by atoms with van der Waals surface area (Å²) in [7, 11) is -3.84. The van der Waals surface area contributed by atoms with Gasteiger partial charge >= 0.3 is 0 Å². The van der Waals surface area contributed by atoms with Gasteiger partial charge in [-0.25, -0.2) is 12.8 Å². The zero-order chi connectivity index (χ0) is 22.6. The van der Waals surface area contributed by atoms with E-state index in [0.29, 0.717) is 24.3 Å². The van der Waals surface area contributed by atoms with Gasteiger partial charge in [-0.15, -0.1) is 0 Å². The van der Waals surface area contributed by atoms with Crippen LogP contribution in [0.3, 0.4) is 0 Å². The Morgan fingerprint density at radius 3 is 2.29 bits per heavy atom. The summed E-state index contributed by atoms with van der Waals surface area (Å²) in [6.45, 7) is 3.03. The highest BCUT2D eigenvalue weighted by molar-refractivity contribution is 7.92. The normalized spacial score (nSPS) is 14.9. The molecule has 2 amide bonds. The highest BCUT2D eigenvalue weighted by Gasteiger charge is 2.32. The molecule has 3 rings (SSSR count). The van der Waals surface area contributed by atoms with Crippen molar-refractivity contribution in [2.45, 2.75) is 32.2 Å². The Balaban J connectivity index is 1.90. The molecule has 166 valence electrons. The second kappa shape index (κ2) is 9.47. The highest BCUT2D eigenvalue weighted by Crippen LogP contribution is 2.25. The van der Waals surface area contributed by atoms with E-state index in [1.165, 1.54) is 12.1 Å². The van der Waals surface area contributed by atoms with Crippen LogP contribution in [0.25, 0.3) is 0 Å². The van der Waals surface area contributed by atoms with Gasteiger partial charge in [-0.3, -0.25) is 13.9 Å². The fourth-order valence-corrected chi connectivity index (χ4v) is 4.95. The number of sulfonamides is 1. The van der Waals surface area contributed by atoms with Crippen molar-refractivity contribution in [1.82, 2.24) is 4.90 Å². The molecular formula is C22H26FN3O4S. The van der Waals surface area contributed by atoms with Gasteiger partial charge in [0, 0.05) is 13.1 Å². The van der Waals surface area contributed by atoms with Gasteiger partial charge in [0.25, 0.3) is 5.91 Å². The summed E-state index contributed by atoms with van der Waals surface area (Å²) in [6.07, 6.45) is 3.06. The lowest BCUT2D eigenvalue weighted by molar-refractivity contribution is -0.117. The number of hydrogen-bond acceptors (Lipinski definition) is 4. The van der Waals surface area contributed by atoms with Gasteiger partial charge in [0.15, 0.2) is 0 Å². The van der Waals surface area contributed by atoms with Gasteiger partial charge in [0.2, 0.25) is 15.9 Å². The first-order chi connectivity index (χ1) is 14.7. The Hall–Kier alpha value is -2.94. The molecular weight excluding hydrogens is 421 g/mol. The van der Waals surface area contributed by atoms with Gasteiger partial charge in [-0.1, -0.05) is 19.1 Å². The number of nitrogens with one attached hydrogen (secondary N) is 1. The molecule has 31 heavy (non-hydrogen) atoms. The fraction of sp³-hybridized carbons (Fsp3) is 0.364. The molecule has 1 N–H and O–H groups in total. The van der Waals surface area contributed by atoms with Gasteiger partial charge in [-0.05, 0) is 55.7 Å². The molecule has 0 radical (unpaired) electrons. The van der Waals surface area contributed by atoms with Crippen LogP contribution in [0.4, 0.5) is 15.8 Å². The number of halogens is 1. The van der Waals surface area contributed by atoms with Crippen molar-refractivity contribution >= 4 is 33.2 Å². The van der Waals surface area contributed by atoms with E-state index in [1.807, 2.05) is 0 Å². The van der Waals surface area contributed by atoms with Crippen LogP contribution in [-0.2, 0) is 14.8 Å². The molecule has 0 spiro atoms. The number of rotatable bonds is 7. The lowest BCUT2D eigenvalue weighted by Gasteiger charge is -2.30. The monoisotopic (exact) mass is 447 g/mol. The van der Waals surface area contributed by atoms with Crippen LogP contribution in [0.1, 0.15) is 36.5 Å². The zero-order valence-corrected chi connectivity index (χ0v) is 18.4. The number of benzene rings is 2. The topological polar surface area (TPSA) is 86.8 Å². The van der Waals surface area contributed by atoms with Crippen molar-refractivity contribution in [2.24, 2.45) is 0 Å². The summed E-state index contributed by atoms with van der Waals surface area (Å²) in [5, 5.41) is 2.73. The number of anilines is 2. The maximum absolute atomic E-state index is 13.3. The number of carbonyl (C=O) groups excluding carboxylic acids is 2. The van der Waals surface area contributed by atoms with E-state index in [0.717, 1.165) is 35.5 Å². The molecule has 0 aliphatic carbocycles. The smallest absolute Gasteiger partial charge is 0.255 e.